The molecule has 0 saturated heterocycles. The standard InChI is InChI=1S/C18H24N2O/c1-5-19-17(16-8-6-7-13(2)14(16)3)11-15-9-10-18(21-4)20-12-15/h6-10,12,17,19H,5,11H2,1-4H3. The fourth-order valence-electron chi connectivity index (χ4n) is 2.58. The van der Waals surface area contributed by atoms with Crippen LogP contribution in [0.5, 0.6) is 5.88 Å². The molecule has 0 fully saturated rings. The lowest BCUT2D eigenvalue weighted by molar-refractivity contribution is 0.397. The second kappa shape index (κ2) is 7.23. The summed E-state index contributed by atoms with van der Waals surface area (Å²) >= 11 is 0. The van der Waals surface area contributed by atoms with Crippen LogP contribution in [0, 0.1) is 13.8 Å². The number of pyridine rings is 1. The lowest BCUT2D eigenvalue weighted by Crippen LogP contribution is -2.24. The van der Waals surface area contributed by atoms with Crippen molar-refractivity contribution in [1.82, 2.24) is 10.3 Å². The summed E-state index contributed by atoms with van der Waals surface area (Å²) in [5.74, 6) is 0.658. The third-order valence-corrected chi connectivity index (χ3v) is 3.92. The summed E-state index contributed by atoms with van der Waals surface area (Å²) in [6.45, 7) is 7.45. The van der Waals surface area contributed by atoms with Gasteiger partial charge >= 0.3 is 0 Å². The Hall–Kier alpha value is -1.87. The third-order valence-electron chi connectivity index (χ3n) is 3.92. The van der Waals surface area contributed by atoms with Gasteiger partial charge in [-0.3, -0.25) is 0 Å². The van der Waals surface area contributed by atoms with E-state index in [9.17, 15) is 0 Å². The van der Waals surface area contributed by atoms with Crippen molar-refractivity contribution >= 4 is 0 Å². The highest BCUT2D eigenvalue weighted by Gasteiger charge is 2.14. The van der Waals surface area contributed by atoms with Crippen LogP contribution >= 0.6 is 0 Å². The number of aryl methyl sites for hydroxylation is 1. The SMILES string of the molecule is CCNC(Cc1ccc(OC)nc1)c1cccc(C)c1C. The van der Waals surface area contributed by atoms with Crippen molar-refractivity contribution in [3.05, 3.63) is 58.8 Å². The lowest BCUT2D eigenvalue weighted by atomic mass is 9.93. The van der Waals surface area contributed by atoms with E-state index in [-0.39, 0.29) is 0 Å². The van der Waals surface area contributed by atoms with E-state index in [2.05, 4.69) is 55.3 Å². The van der Waals surface area contributed by atoms with Crippen molar-refractivity contribution < 1.29 is 4.74 Å². The molecule has 0 aliphatic heterocycles. The quantitative estimate of drug-likeness (QED) is 0.880. The third kappa shape index (κ3) is 3.82. The number of hydrogen-bond donors (Lipinski definition) is 1. The Morgan fingerprint density at radius 1 is 1.19 bits per heavy atom. The molecule has 21 heavy (non-hydrogen) atoms. The molecular weight excluding hydrogens is 260 g/mol. The number of methoxy groups -OCH3 is 1. The number of hydrogen-bond acceptors (Lipinski definition) is 3. The van der Waals surface area contributed by atoms with Gasteiger partial charge in [-0.15, -0.1) is 0 Å². The summed E-state index contributed by atoms with van der Waals surface area (Å²) in [6, 6.07) is 10.8. The minimum Gasteiger partial charge on any atom is -0.481 e. The molecule has 0 bridgehead atoms. The molecule has 1 aromatic carbocycles. The molecule has 3 nitrogen and oxygen atoms in total. The minimum atomic E-state index is 0.310. The molecule has 2 aromatic rings. The Morgan fingerprint density at radius 3 is 2.62 bits per heavy atom. The molecule has 0 aliphatic rings. The second-order valence-corrected chi connectivity index (χ2v) is 5.31. The maximum absolute atomic E-state index is 5.11. The molecular formula is C18H24N2O. The van der Waals surface area contributed by atoms with Crippen molar-refractivity contribution in [2.75, 3.05) is 13.7 Å². The second-order valence-electron chi connectivity index (χ2n) is 5.31. The Bertz CT molecular complexity index is 578. The minimum absolute atomic E-state index is 0.310. The summed E-state index contributed by atoms with van der Waals surface area (Å²) in [6.07, 6.45) is 2.82. The lowest BCUT2D eigenvalue weighted by Gasteiger charge is -2.21. The van der Waals surface area contributed by atoms with Crippen LogP contribution in [0.3, 0.4) is 0 Å². The molecule has 0 radical (unpaired) electrons. The first kappa shape index (κ1) is 15.5. The van der Waals surface area contributed by atoms with Crippen LogP contribution in [0.4, 0.5) is 0 Å². The zero-order valence-electron chi connectivity index (χ0n) is 13.3. The van der Waals surface area contributed by atoms with Gasteiger partial charge in [0.25, 0.3) is 0 Å². The fraction of sp³-hybridized carbons (Fsp3) is 0.389. The van der Waals surface area contributed by atoms with Gasteiger partial charge in [0.1, 0.15) is 0 Å². The van der Waals surface area contributed by atoms with E-state index in [1.54, 1.807) is 7.11 Å². The Balaban J connectivity index is 2.24. The maximum Gasteiger partial charge on any atom is 0.212 e. The van der Waals surface area contributed by atoms with Crippen molar-refractivity contribution in [3.63, 3.8) is 0 Å². The molecule has 1 atom stereocenters. The molecule has 0 amide bonds. The van der Waals surface area contributed by atoms with Gasteiger partial charge in [0.15, 0.2) is 0 Å². The largest absolute Gasteiger partial charge is 0.481 e. The van der Waals surface area contributed by atoms with Crippen LogP contribution < -0.4 is 10.1 Å². The zero-order chi connectivity index (χ0) is 15.2. The van der Waals surface area contributed by atoms with E-state index < -0.39 is 0 Å². The molecule has 1 unspecified atom stereocenters. The Morgan fingerprint density at radius 2 is 2.00 bits per heavy atom. The first-order valence-electron chi connectivity index (χ1n) is 7.44. The average Bonchev–Trinajstić information content (AvgIpc) is 2.50. The fourth-order valence-corrected chi connectivity index (χ4v) is 2.58. The van der Waals surface area contributed by atoms with E-state index in [4.69, 9.17) is 4.74 Å². The zero-order valence-corrected chi connectivity index (χ0v) is 13.3. The van der Waals surface area contributed by atoms with Crippen LogP contribution in [-0.4, -0.2) is 18.6 Å². The summed E-state index contributed by atoms with van der Waals surface area (Å²) in [5, 5.41) is 3.59. The first-order valence-corrected chi connectivity index (χ1v) is 7.44. The van der Waals surface area contributed by atoms with Gasteiger partial charge in [-0.1, -0.05) is 31.2 Å². The highest BCUT2D eigenvalue weighted by Crippen LogP contribution is 2.24. The number of nitrogens with one attached hydrogen (secondary N) is 1. The highest BCUT2D eigenvalue weighted by atomic mass is 16.5. The summed E-state index contributed by atoms with van der Waals surface area (Å²) in [5.41, 5.74) is 5.28. The number of nitrogens with zero attached hydrogens (tertiary/aromatic N) is 1. The van der Waals surface area contributed by atoms with Gasteiger partial charge in [-0.2, -0.15) is 0 Å². The number of benzene rings is 1. The summed E-state index contributed by atoms with van der Waals surface area (Å²) < 4.78 is 5.11. The van der Waals surface area contributed by atoms with Crippen LogP contribution in [0.15, 0.2) is 36.5 Å². The molecule has 1 N–H and O–H groups in total. The van der Waals surface area contributed by atoms with Crippen LogP contribution in [0.2, 0.25) is 0 Å². The Labute approximate surface area is 127 Å². The number of likely N-dealkylation sites (N-methyl/N-ethyl adjacent to an activating group) is 1. The predicted octanol–water partition coefficient (Wildman–Crippen LogP) is 3.60. The molecule has 2 rings (SSSR count). The van der Waals surface area contributed by atoms with E-state index in [0.717, 1.165) is 13.0 Å². The van der Waals surface area contributed by atoms with E-state index in [1.165, 1.54) is 22.3 Å². The van der Waals surface area contributed by atoms with Gasteiger partial charge in [-0.05, 0) is 49.1 Å². The smallest absolute Gasteiger partial charge is 0.212 e. The van der Waals surface area contributed by atoms with Crippen molar-refractivity contribution in [1.29, 1.82) is 0 Å². The topological polar surface area (TPSA) is 34.1 Å². The molecule has 112 valence electrons. The number of ether oxygens (including phenoxy) is 1. The predicted molar refractivity (Wildman–Crippen MR) is 86.8 cm³/mol. The average molecular weight is 284 g/mol. The number of aromatic nitrogens is 1. The molecule has 0 aliphatic carbocycles. The van der Waals surface area contributed by atoms with E-state index in [1.807, 2.05) is 12.3 Å². The Kier molecular flexibility index (Phi) is 5.34. The van der Waals surface area contributed by atoms with Crippen molar-refractivity contribution in [2.24, 2.45) is 0 Å². The monoisotopic (exact) mass is 284 g/mol. The van der Waals surface area contributed by atoms with Crippen LogP contribution in [-0.2, 0) is 6.42 Å². The van der Waals surface area contributed by atoms with E-state index >= 15 is 0 Å². The van der Waals surface area contributed by atoms with Crippen LogP contribution in [0.25, 0.3) is 0 Å². The summed E-state index contributed by atoms with van der Waals surface area (Å²) in [4.78, 5) is 4.29. The van der Waals surface area contributed by atoms with Crippen molar-refractivity contribution in [2.45, 2.75) is 33.2 Å². The van der Waals surface area contributed by atoms with Gasteiger partial charge in [0.05, 0.1) is 7.11 Å². The van der Waals surface area contributed by atoms with Crippen molar-refractivity contribution in [3.8, 4) is 5.88 Å². The molecule has 1 aromatic heterocycles. The van der Waals surface area contributed by atoms with Crippen LogP contribution in [0.1, 0.15) is 35.2 Å². The van der Waals surface area contributed by atoms with Gasteiger partial charge in [0.2, 0.25) is 5.88 Å². The van der Waals surface area contributed by atoms with Gasteiger partial charge in [0, 0.05) is 18.3 Å². The normalized spacial score (nSPS) is 12.2. The van der Waals surface area contributed by atoms with Gasteiger partial charge in [-0.25, -0.2) is 4.98 Å². The van der Waals surface area contributed by atoms with E-state index in [0.29, 0.717) is 11.9 Å². The summed E-state index contributed by atoms with van der Waals surface area (Å²) in [7, 11) is 1.64. The molecule has 1 heterocycles. The molecule has 3 heteroatoms. The maximum atomic E-state index is 5.11. The highest BCUT2D eigenvalue weighted by molar-refractivity contribution is 5.36. The first-order chi connectivity index (χ1) is 10.2. The molecule has 0 saturated carbocycles. The number of rotatable bonds is 6. The van der Waals surface area contributed by atoms with Gasteiger partial charge < -0.3 is 10.1 Å². The molecule has 0 spiro atoms.